The maximum atomic E-state index is 12.2. The second kappa shape index (κ2) is 9.53. The second-order valence-corrected chi connectivity index (χ2v) is 7.71. The van der Waals surface area contributed by atoms with Crippen LogP contribution in [0.15, 0.2) is 45.6 Å². The highest BCUT2D eigenvalue weighted by Gasteiger charge is 2.11. The van der Waals surface area contributed by atoms with Crippen LogP contribution in [-0.4, -0.2) is 11.5 Å². The number of nitrogens with zero attached hydrogens (tertiary/aromatic N) is 1. The lowest BCUT2D eigenvalue weighted by Gasteiger charge is -2.03. The van der Waals surface area contributed by atoms with Crippen LogP contribution in [0, 0.1) is 0 Å². The van der Waals surface area contributed by atoms with Gasteiger partial charge in [-0.3, -0.25) is 0 Å². The highest BCUT2D eigenvalue weighted by atomic mass is 32.1. The molecule has 0 amide bonds. The van der Waals surface area contributed by atoms with Crippen LogP contribution in [0.25, 0.3) is 10.2 Å². The molecule has 3 aromatic rings. The van der Waals surface area contributed by atoms with Gasteiger partial charge < -0.3 is 9.73 Å². The number of hydrogen-bond donors (Lipinski definition) is 1. The van der Waals surface area contributed by atoms with Crippen molar-refractivity contribution in [2.24, 2.45) is 0 Å². The molecule has 2 aromatic heterocycles. The zero-order chi connectivity index (χ0) is 18.2. The first-order valence-electron chi connectivity index (χ1n) is 9.47. The van der Waals surface area contributed by atoms with Gasteiger partial charge in [0.05, 0.1) is 5.39 Å². The van der Waals surface area contributed by atoms with Gasteiger partial charge in [0.15, 0.2) is 0 Å². The van der Waals surface area contributed by atoms with Gasteiger partial charge in [-0.15, -0.1) is 11.3 Å². The molecule has 138 valence electrons. The predicted octanol–water partition coefficient (Wildman–Crippen LogP) is 5.61. The Kier molecular flexibility index (Phi) is 6.83. The normalized spacial score (nSPS) is 11.1. The van der Waals surface area contributed by atoms with Crippen molar-refractivity contribution in [1.29, 1.82) is 0 Å². The van der Waals surface area contributed by atoms with E-state index < -0.39 is 0 Å². The Hall–Kier alpha value is -2.14. The number of thiophene rings is 1. The highest BCUT2D eigenvalue weighted by molar-refractivity contribution is 7.18. The molecule has 2 heterocycles. The number of hydrogen-bond acceptors (Lipinski definition) is 5. The first kappa shape index (κ1) is 18.6. The van der Waals surface area contributed by atoms with Crippen molar-refractivity contribution < 1.29 is 4.42 Å². The molecule has 26 heavy (non-hydrogen) atoms. The Morgan fingerprint density at radius 3 is 2.65 bits per heavy atom. The van der Waals surface area contributed by atoms with E-state index in [9.17, 15) is 4.79 Å². The summed E-state index contributed by atoms with van der Waals surface area (Å²) >= 11 is 1.56. The van der Waals surface area contributed by atoms with Gasteiger partial charge in [0, 0.05) is 17.8 Å². The van der Waals surface area contributed by atoms with Gasteiger partial charge in [-0.25, -0.2) is 4.79 Å². The van der Waals surface area contributed by atoms with Gasteiger partial charge in [0.1, 0.15) is 4.83 Å². The van der Waals surface area contributed by atoms with Crippen LogP contribution >= 0.6 is 11.3 Å². The van der Waals surface area contributed by atoms with Crippen LogP contribution in [0.3, 0.4) is 0 Å². The monoisotopic (exact) mass is 370 g/mol. The quantitative estimate of drug-likeness (QED) is 0.471. The molecule has 3 rings (SSSR count). The molecular weight excluding hydrogens is 344 g/mol. The van der Waals surface area contributed by atoms with Gasteiger partial charge >= 0.3 is 5.63 Å². The zero-order valence-electron chi connectivity index (χ0n) is 15.3. The van der Waals surface area contributed by atoms with Gasteiger partial charge in [-0.2, -0.15) is 4.98 Å². The van der Waals surface area contributed by atoms with E-state index in [2.05, 4.69) is 29.4 Å². The molecule has 0 radical (unpaired) electrons. The molecule has 0 saturated carbocycles. The van der Waals surface area contributed by atoms with Crippen molar-refractivity contribution in [3.63, 3.8) is 0 Å². The van der Waals surface area contributed by atoms with E-state index in [0.717, 1.165) is 29.1 Å². The van der Waals surface area contributed by atoms with Gasteiger partial charge in [-0.05, 0) is 18.1 Å². The molecule has 0 saturated heterocycles. The number of rotatable bonds is 10. The van der Waals surface area contributed by atoms with Crippen LogP contribution in [0.5, 0.6) is 0 Å². The van der Waals surface area contributed by atoms with E-state index in [0.29, 0.717) is 11.4 Å². The SMILES string of the molecule is CCCCCCCCNc1nc2sc(Cc3ccccc3)cc2c(=O)o1. The van der Waals surface area contributed by atoms with Crippen molar-refractivity contribution in [3.05, 3.63) is 57.3 Å². The molecule has 0 aliphatic carbocycles. The van der Waals surface area contributed by atoms with Crippen molar-refractivity contribution in [2.45, 2.75) is 51.9 Å². The number of nitrogens with one attached hydrogen (secondary N) is 1. The number of anilines is 1. The number of benzene rings is 1. The van der Waals surface area contributed by atoms with E-state index in [1.807, 2.05) is 24.3 Å². The summed E-state index contributed by atoms with van der Waals surface area (Å²) in [5.74, 6) is 0. The van der Waals surface area contributed by atoms with Gasteiger partial charge in [0.2, 0.25) is 0 Å². The molecule has 0 unspecified atom stereocenters. The predicted molar refractivity (Wildman–Crippen MR) is 109 cm³/mol. The first-order chi connectivity index (χ1) is 12.8. The molecule has 0 bridgehead atoms. The Labute approximate surface area is 158 Å². The maximum Gasteiger partial charge on any atom is 0.349 e. The summed E-state index contributed by atoms with van der Waals surface area (Å²) in [5.41, 5.74) is 0.917. The summed E-state index contributed by atoms with van der Waals surface area (Å²) in [6.45, 7) is 3.01. The molecule has 4 nitrogen and oxygen atoms in total. The molecule has 5 heteroatoms. The van der Waals surface area contributed by atoms with Gasteiger partial charge in [-0.1, -0.05) is 69.4 Å². The fourth-order valence-corrected chi connectivity index (χ4v) is 4.02. The Morgan fingerprint density at radius 1 is 1.08 bits per heavy atom. The number of unbranched alkanes of at least 4 members (excludes halogenated alkanes) is 5. The molecule has 0 fully saturated rings. The summed E-state index contributed by atoms with van der Waals surface area (Å²) < 4.78 is 5.33. The third-order valence-corrected chi connectivity index (χ3v) is 5.43. The minimum Gasteiger partial charge on any atom is -0.389 e. The maximum absolute atomic E-state index is 12.2. The molecule has 0 aliphatic rings. The third kappa shape index (κ3) is 5.18. The van der Waals surface area contributed by atoms with E-state index in [4.69, 9.17) is 4.42 Å². The summed E-state index contributed by atoms with van der Waals surface area (Å²) in [7, 11) is 0. The van der Waals surface area contributed by atoms with Crippen LogP contribution in [0.2, 0.25) is 0 Å². The van der Waals surface area contributed by atoms with Crippen LogP contribution in [-0.2, 0) is 6.42 Å². The summed E-state index contributed by atoms with van der Waals surface area (Å²) in [4.78, 5) is 18.6. The zero-order valence-corrected chi connectivity index (χ0v) is 16.1. The largest absolute Gasteiger partial charge is 0.389 e. The highest BCUT2D eigenvalue weighted by Crippen LogP contribution is 2.25. The van der Waals surface area contributed by atoms with Crippen molar-refractivity contribution in [2.75, 3.05) is 11.9 Å². The van der Waals surface area contributed by atoms with Crippen molar-refractivity contribution >= 4 is 27.6 Å². The lowest BCUT2D eigenvalue weighted by Crippen LogP contribution is -2.08. The summed E-state index contributed by atoms with van der Waals surface area (Å²) in [6, 6.07) is 12.5. The van der Waals surface area contributed by atoms with Gasteiger partial charge in [0.25, 0.3) is 6.01 Å². The third-order valence-electron chi connectivity index (χ3n) is 4.40. The minimum atomic E-state index is -0.309. The molecular formula is C21H26N2O2S. The fourth-order valence-electron chi connectivity index (χ4n) is 2.98. The molecule has 1 N–H and O–H groups in total. The average molecular weight is 371 g/mol. The fraction of sp³-hybridized carbons (Fsp3) is 0.429. The molecule has 0 aliphatic heterocycles. The summed E-state index contributed by atoms with van der Waals surface area (Å²) in [5, 5.41) is 3.73. The van der Waals surface area contributed by atoms with Crippen molar-refractivity contribution in [1.82, 2.24) is 4.98 Å². The lowest BCUT2D eigenvalue weighted by atomic mass is 10.1. The van der Waals surface area contributed by atoms with Crippen molar-refractivity contribution in [3.8, 4) is 0 Å². The van der Waals surface area contributed by atoms with Crippen LogP contribution in [0.4, 0.5) is 6.01 Å². The van der Waals surface area contributed by atoms with Crippen LogP contribution < -0.4 is 10.9 Å². The van der Waals surface area contributed by atoms with E-state index in [1.54, 1.807) is 11.3 Å². The lowest BCUT2D eigenvalue weighted by molar-refractivity contribution is 0.514. The standard InChI is InChI=1S/C21H26N2O2S/c1-2-3-4-5-6-10-13-22-21-23-19-18(20(24)25-21)15-17(26-19)14-16-11-8-7-9-12-16/h7-9,11-12,15H,2-6,10,13-14H2,1H3,(H,22,23). The van der Waals surface area contributed by atoms with E-state index in [-0.39, 0.29) is 5.63 Å². The second-order valence-electron chi connectivity index (χ2n) is 6.59. The number of aromatic nitrogens is 1. The first-order valence-corrected chi connectivity index (χ1v) is 10.3. The summed E-state index contributed by atoms with van der Waals surface area (Å²) in [6.07, 6.45) is 8.21. The Balaban J connectivity index is 1.59. The number of fused-ring (bicyclic) bond motifs is 1. The van der Waals surface area contributed by atoms with E-state index >= 15 is 0 Å². The van der Waals surface area contributed by atoms with Crippen LogP contribution in [0.1, 0.15) is 55.9 Å². The average Bonchev–Trinajstić information content (AvgIpc) is 3.05. The molecule has 0 spiro atoms. The van der Waals surface area contributed by atoms with E-state index in [1.165, 1.54) is 37.7 Å². The molecule has 1 aromatic carbocycles. The Morgan fingerprint density at radius 2 is 1.85 bits per heavy atom. The smallest absolute Gasteiger partial charge is 0.349 e. The topological polar surface area (TPSA) is 55.1 Å². The molecule has 0 atom stereocenters. The minimum absolute atomic E-state index is 0.309. The Bertz CT molecular complexity index is 871.